The molecule has 1 aromatic rings. The first-order valence-electron chi connectivity index (χ1n) is 8.22. The van der Waals surface area contributed by atoms with Crippen LogP contribution < -0.4 is 15.4 Å². The number of rotatable bonds is 8. The van der Waals surface area contributed by atoms with Gasteiger partial charge >= 0.3 is 0 Å². The molecule has 128 valence electrons. The van der Waals surface area contributed by atoms with Crippen molar-refractivity contribution < 1.29 is 14.3 Å². The van der Waals surface area contributed by atoms with E-state index in [9.17, 15) is 4.79 Å². The summed E-state index contributed by atoms with van der Waals surface area (Å²) in [5.74, 6) is 1.24. The van der Waals surface area contributed by atoms with Gasteiger partial charge in [0.05, 0.1) is 18.7 Å². The van der Waals surface area contributed by atoms with Gasteiger partial charge in [0.1, 0.15) is 5.75 Å². The van der Waals surface area contributed by atoms with Gasteiger partial charge in [-0.2, -0.15) is 0 Å². The molecule has 0 bridgehead atoms. The fraction of sp³-hybridized carbons (Fsp3) is 0.647. The lowest BCUT2D eigenvalue weighted by atomic mass is 9.90. The zero-order chi connectivity index (χ0) is 16.5. The maximum absolute atomic E-state index is 12.2. The summed E-state index contributed by atoms with van der Waals surface area (Å²) >= 11 is 0. The summed E-state index contributed by atoms with van der Waals surface area (Å²) in [6.45, 7) is 5.50. The molecule has 2 heterocycles. The average Bonchev–Trinajstić information content (AvgIpc) is 2.58. The third-order valence-corrected chi connectivity index (χ3v) is 4.01. The topological polar surface area (TPSA) is 72.5 Å². The first kappa shape index (κ1) is 17.7. The van der Waals surface area contributed by atoms with Crippen molar-refractivity contribution in [3.63, 3.8) is 0 Å². The number of carbonyl (C=O) groups is 1. The molecule has 2 N–H and O–H groups in total. The van der Waals surface area contributed by atoms with Gasteiger partial charge in [0.2, 0.25) is 5.91 Å². The fourth-order valence-corrected chi connectivity index (χ4v) is 2.68. The number of methoxy groups -OCH3 is 1. The van der Waals surface area contributed by atoms with Gasteiger partial charge in [-0.1, -0.05) is 0 Å². The Bertz CT molecular complexity index is 478. The van der Waals surface area contributed by atoms with E-state index < -0.39 is 0 Å². The highest BCUT2D eigenvalue weighted by atomic mass is 16.5. The van der Waals surface area contributed by atoms with Crippen molar-refractivity contribution in [2.24, 2.45) is 11.8 Å². The van der Waals surface area contributed by atoms with Crippen LogP contribution in [0.1, 0.15) is 18.5 Å². The molecule has 0 aliphatic carbocycles. The van der Waals surface area contributed by atoms with Crippen LogP contribution in [0.15, 0.2) is 18.3 Å². The van der Waals surface area contributed by atoms with E-state index in [1.807, 2.05) is 19.1 Å². The number of nitrogens with zero attached hydrogens (tertiary/aromatic N) is 1. The Morgan fingerprint density at radius 3 is 3.04 bits per heavy atom. The molecule has 0 aromatic carbocycles. The maximum Gasteiger partial charge on any atom is 0.224 e. The van der Waals surface area contributed by atoms with Crippen molar-refractivity contribution in [1.82, 2.24) is 15.6 Å². The van der Waals surface area contributed by atoms with E-state index in [2.05, 4.69) is 15.6 Å². The second kappa shape index (κ2) is 9.47. The number of aryl methyl sites for hydroxylation is 1. The van der Waals surface area contributed by atoms with E-state index >= 15 is 0 Å². The lowest BCUT2D eigenvalue weighted by Gasteiger charge is -2.29. The Labute approximate surface area is 138 Å². The first-order valence-corrected chi connectivity index (χ1v) is 8.22. The zero-order valence-corrected chi connectivity index (χ0v) is 14.0. The highest BCUT2D eigenvalue weighted by Crippen LogP contribution is 2.18. The van der Waals surface area contributed by atoms with Crippen LogP contribution in [-0.2, 0) is 9.53 Å². The van der Waals surface area contributed by atoms with Gasteiger partial charge in [-0.05, 0) is 31.9 Å². The monoisotopic (exact) mass is 321 g/mol. The SMILES string of the molecule is COCCCNC(=O)[C@H]1CNC[C@@H](COc2ccc(C)nc2)C1. The number of carbonyl (C=O) groups excluding carboxylic acids is 1. The average molecular weight is 321 g/mol. The molecule has 0 saturated carbocycles. The highest BCUT2D eigenvalue weighted by Gasteiger charge is 2.27. The van der Waals surface area contributed by atoms with Gasteiger partial charge in [-0.25, -0.2) is 0 Å². The number of ether oxygens (including phenoxy) is 2. The predicted octanol–water partition coefficient (Wildman–Crippen LogP) is 1.15. The number of hydrogen-bond donors (Lipinski definition) is 2. The molecule has 0 radical (unpaired) electrons. The third-order valence-electron chi connectivity index (χ3n) is 4.01. The van der Waals surface area contributed by atoms with E-state index in [4.69, 9.17) is 9.47 Å². The van der Waals surface area contributed by atoms with Gasteiger partial charge in [0, 0.05) is 45.0 Å². The molecule has 2 atom stereocenters. The molecular weight excluding hydrogens is 294 g/mol. The highest BCUT2D eigenvalue weighted by molar-refractivity contribution is 5.78. The number of nitrogens with one attached hydrogen (secondary N) is 2. The van der Waals surface area contributed by atoms with Crippen molar-refractivity contribution in [3.8, 4) is 5.75 Å². The molecular formula is C17H27N3O3. The smallest absolute Gasteiger partial charge is 0.224 e. The third kappa shape index (κ3) is 6.15. The lowest BCUT2D eigenvalue weighted by molar-refractivity contribution is -0.126. The van der Waals surface area contributed by atoms with Crippen molar-refractivity contribution in [1.29, 1.82) is 0 Å². The van der Waals surface area contributed by atoms with Crippen LogP contribution >= 0.6 is 0 Å². The van der Waals surface area contributed by atoms with E-state index in [0.717, 1.165) is 37.4 Å². The van der Waals surface area contributed by atoms with Crippen molar-refractivity contribution >= 4 is 5.91 Å². The minimum atomic E-state index is 0.0102. The molecule has 1 aromatic heterocycles. The minimum absolute atomic E-state index is 0.0102. The fourth-order valence-electron chi connectivity index (χ4n) is 2.68. The van der Waals surface area contributed by atoms with Gasteiger partial charge in [-0.3, -0.25) is 9.78 Å². The molecule has 0 unspecified atom stereocenters. The Hall–Kier alpha value is -1.66. The van der Waals surface area contributed by atoms with Crippen molar-refractivity contribution in [2.45, 2.75) is 19.8 Å². The van der Waals surface area contributed by atoms with Crippen molar-refractivity contribution in [3.05, 3.63) is 24.0 Å². The van der Waals surface area contributed by atoms with Crippen LogP contribution in [0, 0.1) is 18.8 Å². The number of pyridine rings is 1. The number of piperidine rings is 1. The molecule has 23 heavy (non-hydrogen) atoms. The molecule has 1 amide bonds. The predicted molar refractivity (Wildman–Crippen MR) is 88.4 cm³/mol. The molecule has 6 heteroatoms. The summed E-state index contributed by atoms with van der Waals surface area (Å²) < 4.78 is 10.8. The van der Waals surface area contributed by atoms with Crippen LogP contribution in [0.3, 0.4) is 0 Å². The summed E-state index contributed by atoms with van der Waals surface area (Å²) in [7, 11) is 1.67. The quantitative estimate of drug-likeness (QED) is 0.703. The molecule has 0 spiro atoms. The summed E-state index contributed by atoms with van der Waals surface area (Å²) in [6, 6.07) is 3.86. The van der Waals surface area contributed by atoms with Crippen molar-refractivity contribution in [2.75, 3.05) is 40.0 Å². The van der Waals surface area contributed by atoms with Gasteiger partial charge in [0.15, 0.2) is 0 Å². The molecule has 1 fully saturated rings. The summed E-state index contributed by atoms with van der Waals surface area (Å²) in [4.78, 5) is 16.4. The Morgan fingerprint density at radius 1 is 1.43 bits per heavy atom. The Balaban J connectivity index is 1.72. The van der Waals surface area contributed by atoms with E-state index in [-0.39, 0.29) is 11.8 Å². The van der Waals surface area contributed by atoms with Gasteiger partial charge in [-0.15, -0.1) is 0 Å². The van der Waals surface area contributed by atoms with Crippen LogP contribution in [0.25, 0.3) is 0 Å². The van der Waals surface area contributed by atoms with Gasteiger partial charge < -0.3 is 20.1 Å². The minimum Gasteiger partial charge on any atom is -0.492 e. The van der Waals surface area contributed by atoms with Crippen LogP contribution in [0.4, 0.5) is 0 Å². The molecule has 1 saturated heterocycles. The summed E-state index contributed by atoms with van der Waals surface area (Å²) in [5, 5.41) is 6.31. The number of amides is 1. The number of aromatic nitrogens is 1. The largest absolute Gasteiger partial charge is 0.492 e. The Kier molecular flexibility index (Phi) is 7.29. The normalized spacial score (nSPS) is 21.0. The van der Waals surface area contributed by atoms with Crippen LogP contribution in [-0.4, -0.2) is 50.8 Å². The standard InChI is InChI=1S/C17H27N3O3/c1-13-4-5-16(11-20-13)23-12-14-8-15(10-18-9-14)17(21)19-6-3-7-22-2/h4-5,11,14-15,18H,3,6-10,12H2,1-2H3,(H,19,21)/t14-,15+/m0/s1. The Morgan fingerprint density at radius 2 is 2.30 bits per heavy atom. The molecule has 1 aliphatic heterocycles. The lowest BCUT2D eigenvalue weighted by Crippen LogP contribution is -2.45. The molecule has 2 rings (SSSR count). The van der Waals surface area contributed by atoms with E-state index in [1.54, 1.807) is 13.3 Å². The second-order valence-corrected chi connectivity index (χ2v) is 6.04. The van der Waals surface area contributed by atoms with E-state index in [1.165, 1.54) is 0 Å². The maximum atomic E-state index is 12.2. The van der Waals surface area contributed by atoms with Gasteiger partial charge in [0.25, 0.3) is 0 Å². The zero-order valence-electron chi connectivity index (χ0n) is 14.0. The van der Waals surface area contributed by atoms with Crippen LogP contribution in [0.2, 0.25) is 0 Å². The van der Waals surface area contributed by atoms with Crippen LogP contribution in [0.5, 0.6) is 5.75 Å². The van der Waals surface area contributed by atoms with E-state index in [0.29, 0.717) is 25.7 Å². The second-order valence-electron chi connectivity index (χ2n) is 6.04. The first-order chi connectivity index (χ1) is 11.2. The molecule has 6 nitrogen and oxygen atoms in total. The summed E-state index contributed by atoms with van der Waals surface area (Å²) in [6.07, 6.45) is 3.43. The molecule has 1 aliphatic rings. The summed E-state index contributed by atoms with van der Waals surface area (Å²) in [5.41, 5.74) is 0.974. The number of hydrogen-bond acceptors (Lipinski definition) is 5.